The number of carbonyl (C=O) groups excluding carboxylic acids is 1. The van der Waals surface area contributed by atoms with Crippen LogP contribution in [0, 0.1) is 5.92 Å². The summed E-state index contributed by atoms with van der Waals surface area (Å²) in [5.74, 6) is -0.187. The molecule has 0 bridgehead atoms. The monoisotopic (exact) mass is 293 g/mol. The van der Waals surface area contributed by atoms with Crippen LogP contribution in [0.1, 0.15) is 12.0 Å². The molecule has 6 nitrogen and oxygen atoms in total. The molecule has 21 heavy (non-hydrogen) atoms. The maximum atomic E-state index is 11.8. The van der Waals surface area contributed by atoms with Crippen LogP contribution in [0.15, 0.2) is 18.2 Å². The minimum atomic E-state index is -0.909. The van der Waals surface area contributed by atoms with Crippen LogP contribution in [0.4, 0.5) is 0 Å². The number of benzene rings is 1. The van der Waals surface area contributed by atoms with E-state index >= 15 is 0 Å². The number of amides is 1. The summed E-state index contributed by atoms with van der Waals surface area (Å²) in [5, 5.41) is 8.96. The molecule has 0 aliphatic carbocycles. The molecule has 2 rings (SSSR count). The molecule has 1 saturated heterocycles. The van der Waals surface area contributed by atoms with Crippen molar-refractivity contribution in [3.05, 3.63) is 23.8 Å². The zero-order valence-electron chi connectivity index (χ0n) is 12.2. The molecule has 1 aromatic carbocycles. The van der Waals surface area contributed by atoms with E-state index in [1.54, 1.807) is 25.2 Å². The number of ether oxygens (including phenoxy) is 2. The molecule has 1 atom stereocenters. The zero-order valence-corrected chi connectivity index (χ0v) is 12.2. The van der Waals surface area contributed by atoms with E-state index in [0.717, 1.165) is 5.56 Å². The molecule has 114 valence electrons. The van der Waals surface area contributed by atoms with Crippen LogP contribution < -0.4 is 9.47 Å². The Hall–Kier alpha value is -2.24. The molecular weight excluding hydrogens is 274 g/mol. The normalized spacial score (nSPS) is 17.9. The molecule has 0 saturated carbocycles. The van der Waals surface area contributed by atoms with Crippen LogP contribution in [-0.4, -0.2) is 49.2 Å². The van der Waals surface area contributed by atoms with E-state index in [1.165, 1.54) is 0 Å². The molecule has 1 unspecified atom stereocenters. The van der Waals surface area contributed by atoms with E-state index in [0.29, 0.717) is 24.5 Å². The highest BCUT2D eigenvalue weighted by atomic mass is 16.5. The molecule has 1 N–H and O–H groups in total. The first-order valence-corrected chi connectivity index (χ1v) is 6.76. The van der Waals surface area contributed by atoms with Crippen molar-refractivity contribution in [1.82, 2.24) is 4.90 Å². The standard InChI is InChI=1S/C15H19NO5/c1-20-12-4-3-10(13(8-12)21-2)5-6-16-9-11(15(18)19)7-14(16)17/h3-4,8,11H,5-7,9H2,1-2H3,(H,18,19). The van der Waals surface area contributed by atoms with E-state index in [4.69, 9.17) is 14.6 Å². The summed E-state index contributed by atoms with van der Waals surface area (Å²) in [7, 11) is 3.17. The molecule has 0 aromatic heterocycles. The van der Waals surface area contributed by atoms with Crippen molar-refractivity contribution in [3.63, 3.8) is 0 Å². The predicted molar refractivity (Wildman–Crippen MR) is 75.6 cm³/mol. The second kappa shape index (κ2) is 6.47. The minimum Gasteiger partial charge on any atom is -0.497 e. The number of carboxylic acid groups (broad SMARTS) is 1. The van der Waals surface area contributed by atoms with Gasteiger partial charge >= 0.3 is 5.97 Å². The molecule has 1 aliphatic heterocycles. The maximum Gasteiger partial charge on any atom is 0.308 e. The Kier molecular flexibility index (Phi) is 4.67. The van der Waals surface area contributed by atoms with E-state index in [9.17, 15) is 9.59 Å². The molecule has 0 radical (unpaired) electrons. The van der Waals surface area contributed by atoms with Crippen LogP contribution in [0.5, 0.6) is 11.5 Å². The molecule has 1 aromatic rings. The lowest BCUT2D eigenvalue weighted by molar-refractivity contribution is -0.141. The highest BCUT2D eigenvalue weighted by Gasteiger charge is 2.33. The van der Waals surface area contributed by atoms with Crippen LogP contribution in [0.25, 0.3) is 0 Å². The number of rotatable bonds is 6. The van der Waals surface area contributed by atoms with Crippen molar-refractivity contribution < 1.29 is 24.2 Å². The first-order chi connectivity index (χ1) is 10.0. The Balaban J connectivity index is 2.00. The zero-order chi connectivity index (χ0) is 15.4. The minimum absolute atomic E-state index is 0.0923. The van der Waals surface area contributed by atoms with Gasteiger partial charge in [-0.1, -0.05) is 6.07 Å². The maximum absolute atomic E-state index is 11.8. The first kappa shape index (κ1) is 15.2. The lowest BCUT2D eigenvalue weighted by Gasteiger charge is -2.17. The summed E-state index contributed by atoms with van der Waals surface area (Å²) in [4.78, 5) is 24.3. The Morgan fingerprint density at radius 3 is 2.71 bits per heavy atom. The Bertz CT molecular complexity index is 543. The number of hydrogen-bond donors (Lipinski definition) is 1. The van der Waals surface area contributed by atoms with Gasteiger partial charge in [0.25, 0.3) is 0 Å². The Morgan fingerprint density at radius 2 is 2.14 bits per heavy atom. The third-order valence-electron chi connectivity index (χ3n) is 3.71. The lowest BCUT2D eigenvalue weighted by Crippen LogP contribution is -2.28. The van der Waals surface area contributed by atoms with Crippen LogP contribution in [0.3, 0.4) is 0 Å². The summed E-state index contributed by atoms with van der Waals surface area (Å²) in [5.41, 5.74) is 0.963. The van der Waals surface area contributed by atoms with Crippen molar-refractivity contribution in [2.75, 3.05) is 27.3 Å². The largest absolute Gasteiger partial charge is 0.497 e. The second-order valence-electron chi connectivity index (χ2n) is 5.01. The average molecular weight is 293 g/mol. The predicted octanol–water partition coefficient (Wildman–Crippen LogP) is 1.18. The van der Waals surface area contributed by atoms with Crippen molar-refractivity contribution in [3.8, 4) is 11.5 Å². The number of aliphatic carboxylic acids is 1. The topological polar surface area (TPSA) is 76.1 Å². The molecule has 0 spiro atoms. The van der Waals surface area contributed by atoms with Gasteiger partial charge in [0.2, 0.25) is 5.91 Å². The number of carbonyl (C=O) groups is 2. The van der Waals surface area contributed by atoms with Crippen molar-refractivity contribution in [2.24, 2.45) is 5.92 Å². The van der Waals surface area contributed by atoms with Gasteiger partial charge in [-0.25, -0.2) is 0 Å². The van der Waals surface area contributed by atoms with Crippen molar-refractivity contribution >= 4 is 11.9 Å². The van der Waals surface area contributed by atoms with E-state index in [-0.39, 0.29) is 18.9 Å². The van der Waals surface area contributed by atoms with Gasteiger partial charge < -0.3 is 19.5 Å². The smallest absolute Gasteiger partial charge is 0.308 e. The van der Waals surface area contributed by atoms with E-state index in [2.05, 4.69) is 0 Å². The molecule has 1 heterocycles. The lowest BCUT2D eigenvalue weighted by atomic mass is 10.1. The number of nitrogens with zero attached hydrogens (tertiary/aromatic N) is 1. The SMILES string of the molecule is COc1ccc(CCN2CC(C(=O)O)CC2=O)c(OC)c1. The summed E-state index contributed by atoms with van der Waals surface area (Å²) in [6.07, 6.45) is 0.709. The van der Waals surface area contributed by atoms with Crippen molar-refractivity contribution in [2.45, 2.75) is 12.8 Å². The third kappa shape index (κ3) is 3.45. The van der Waals surface area contributed by atoms with Gasteiger partial charge in [-0.15, -0.1) is 0 Å². The summed E-state index contributed by atoms with van der Waals surface area (Å²) < 4.78 is 10.4. The number of carboxylic acids is 1. The summed E-state index contributed by atoms with van der Waals surface area (Å²) >= 11 is 0. The fourth-order valence-electron chi connectivity index (χ4n) is 2.47. The first-order valence-electron chi connectivity index (χ1n) is 6.76. The molecule has 6 heteroatoms. The fraction of sp³-hybridized carbons (Fsp3) is 0.467. The fourth-order valence-corrected chi connectivity index (χ4v) is 2.47. The number of hydrogen-bond acceptors (Lipinski definition) is 4. The molecular formula is C15H19NO5. The Morgan fingerprint density at radius 1 is 1.38 bits per heavy atom. The molecule has 1 aliphatic rings. The average Bonchev–Trinajstić information content (AvgIpc) is 2.86. The van der Waals surface area contributed by atoms with Crippen LogP contribution in [-0.2, 0) is 16.0 Å². The number of methoxy groups -OCH3 is 2. The van der Waals surface area contributed by atoms with Gasteiger partial charge in [0, 0.05) is 25.6 Å². The van der Waals surface area contributed by atoms with Gasteiger partial charge in [-0.3, -0.25) is 9.59 Å². The number of likely N-dealkylation sites (tertiary alicyclic amines) is 1. The quantitative estimate of drug-likeness (QED) is 0.852. The van der Waals surface area contributed by atoms with Gasteiger partial charge in [0.15, 0.2) is 0 Å². The highest BCUT2D eigenvalue weighted by Crippen LogP contribution is 2.26. The second-order valence-corrected chi connectivity index (χ2v) is 5.01. The van der Waals surface area contributed by atoms with Gasteiger partial charge in [0.1, 0.15) is 11.5 Å². The van der Waals surface area contributed by atoms with E-state index in [1.807, 2.05) is 12.1 Å². The molecule has 1 fully saturated rings. The van der Waals surface area contributed by atoms with Crippen LogP contribution in [0.2, 0.25) is 0 Å². The molecule has 1 amide bonds. The summed E-state index contributed by atoms with van der Waals surface area (Å²) in [6.45, 7) is 0.776. The highest BCUT2D eigenvalue weighted by molar-refractivity contribution is 5.86. The van der Waals surface area contributed by atoms with Crippen LogP contribution >= 0.6 is 0 Å². The van der Waals surface area contributed by atoms with Gasteiger partial charge in [-0.05, 0) is 18.1 Å². The van der Waals surface area contributed by atoms with Crippen molar-refractivity contribution in [1.29, 1.82) is 0 Å². The van der Waals surface area contributed by atoms with E-state index < -0.39 is 11.9 Å². The third-order valence-corrected chi connectivity index (χ3v) is 3.71. The van der Waals surface area contributed by atoms with Gasteiger partial charge in [0.05, 0.1) is 20.1 Å². The Labute approximate surface area is 123 Å². The summed E-state index contributed by atoms with van der Waals surface area (Å²) in [6, 6.07) is 5.53. The van der Waals surface area contributed by atoms with Gasteiger partial charge in [-0.2, -0.15) is 0 Å².